The molecule has 0 heterocycles. The first-order valence-corrected chi connectivity index (χ1v) is 5.14. The van der Waals surface area contributed by atoms with Gasteiger partial charge in [-0.15, -0.1) is 0 Å². The Morgan fingerprint density at radius 2 is 2.06 bits per heavy atom. The van der Waals surface area contributed by atoms with Gasteiger partial charge in [0.05, 0.1) is 0 Å². The molecule has 88 valence electrons. The molecule has 0 aromatic heterocycles. The van der Waals surface area contributed by atoms with Crippen LogP contribution in [0.1, 0.15) is 12.0 Å². The van der Waals surface area contributed by atoms with E-state index in [1.165, 1.54) is 0 Å². The summed E-state index contributed by atoms with van der Waals surface area (Å²) in [6, 6.07) is 9.14. The lowest BCUT2D eigenvalue weighted by Crippen LogP contribution is -2.48. The molecular weight excluding hydrogens is 206 g/mol. The Balaban J connectivity index is 3.07. The van der Waals surface area contributed by atoms with E-state index < -0.39 is 11.5 Å². The van der Waals surface area contributed by atoms with Gasteiger partial charge in [0.25, 0.3) is 0 Å². The third kappa shape index (κ3) is 2.40. The topological polar surface area (TPSA) is 58.6 Å². The molecule has 1 atom stereocenters. The Morgan fingerprint density at radius 1 is 1.44 bits per heavy atom. The number of carbonyl (C=O) groups is 1. The molecule has 0 radical (unpaired) electrons. The molecule has 4 nitrogen and oxygen atoms in total. The van der Waals surface area contributed by atoms with Crippen LogP contribution in [0.25, 0.3) is 0 Å². The number of benzene rings is 1. The quantitative estimate of drug-likeness (QED) is 0.761. The van der Waals surface area contributed by atoms with Crippen LogP contribution in [0.3, 0.4) is 0 Å². The maximum absolute atomic E-state index is 11.4. The minimum atomic E-state index is -1.07. The molecule has 0 saturated heterocycles. The van der Waals surface area contributed by atoms with E-state index in [0.29, 0.717) is 13.0 Å². The van der Waals surface area contributed by atoms with E-state index >= 15 is 0 Å². The summed E-state index contributed by atoms with van der Waals surface area (Å²) < 4.78 is 4.97. The number of carboxylic acid groups (broad SMARTS) is 1. The third-order valence-electron chi connectivity index (χ3n) is 2.74. The fourth-order valence-electron chi connectivity index (χ4n) is 1.73. The summed E-state index contributed by atoms with van der Waals surface area (Å²) in [6.45, 7) is 0.391. The molecule has 1 unspecified atom stereocenters. The van der Waals surface area contributed by atoms with Crippen molar-refractivity contribution in [1.29, 1.82) is 0 Å². The number of likely N-dealkylation sites (N-methyl/N-ethyl adjacent to an activating group) is 1. The smallest absolute Gasteiger partial charge is 0.328 e. The molecule has 0 aliphatic heterocycles. The molecule has 0 spiro atoms. The summed E-state index contributed by atoms with van der Waals surface area (Å²) in [5, 5.41) is 12.3. The number of nitrogens with one attached hydrogen (secondary N) is 1. The number of hydrogen-bond donors (Lipinski definition) is 2. The first kappa shape index (κ1) is 12.7. The Kier molecular flexibility index (Phi) is 4.46. The molecule has 2 N–H and O–H groups in total. The Bertz CT molecular complexity index is 339. The number of rotatable bonds is 6. The first-order chi connectivity index (χ1) is 7.67. The SMILES string of the molecule is CNC(CCOC)(C(=O)O)c1ccccc1. The average molecular weight is 223 g/mol. The second kappa shape index (κ2) is 5.63. The van der Waals surface area contributed by atoms with Gasteiger partial charge in [-0.05, 0) is 12.6 Å². The molecular formula is C12H17NO3. The van der Waals surface area contributed by atoms with Crippen molar-refractivity contribution < 1.29 is 14.6 Å². The second-order valence-electron chi connectivity index (χ2n) is 3.57. The van der Waals surface area contributed by atoms with Crippen LogP contribution in [0.2, 0.25) is 0 Å². The lowest BCUT2D eigenvalue weighted by Gasteiger charge is -2.29. The molecule has 1 rings (SSSR count). The highest BCUT2D eigenvalue weighted by molar-refractivity contribution is 5.80. The van der Waals surface area contributed by atoms with E-state index in [9.17, 15) is 9.90 Å². The van der Waals surface area contributed by atoms with Crippen LogP contribution in [0.5, 0.6) is 0 Å². The van der Waals surface area contributed by atoms with Gasteiger partial charge in [-0.25, -0.2) is 4.79 Å². The summed E-state index contributed by atoms with van der Waals surface area (Å²) >= 11 is 0. The molecule has 4 heteroatoms. The zero-order chi connectivity index (χ0) is 12.0. The maximum Gasteiger partial charge on any atom is 0.328 e. The summed E-state index contributed by atoms with van der Waals surface area (Å²) in [7, 11) is 3.21. The fourth-order valence-corrected chi connectivity index (χ4v) is 1.73. The van der Waals surface area contributed by atoms with Crippen molar-refractivity contribution in [3.8, 4) is 0 Å². The van der Waals surface area contributed by atoms with Crippen molar-refractivity contribution in [2.75, 3.05) is 20.8 Å². The summed E-state index contributed by atoms with van der Waals surface area (Å²) in [4.78, 5) is 11.4. The molecule has 0 aliphatic carbocycles. The molecule has 1 aromatic rings. The van der Waals surface area contributed by atoms with Crippen LogP contribution >= 0.6 is 0 Å². The zero-order valence-electron chi connectivity index (χ0n) is 9.56. The minimum Gasteiger partial charge on any atom is -0.480 e. The number of hydrogen-bond acceptors (Lipinski definition) is 3. The fraction of sp³-hybridized carbons (Fsp3) is 0.417. The molecule has 0 bridgehead atoms. The van der Waals surface area contributed by atoms with Gasteiger partial charge in [-0.1, -0.05) is 30.3 Å². The largest absolute Gasteiger partial charge is 0.480 e. The van der Waals surface area contributed by atoms with Gasteiger partial charge in [0.15, 0.2) is 0 Å². The normalized spacial score (nSPS) is 14.4. The van der Waals surface area contributed by atoms with Gasteiger partial charge in [-0.2, -0.15) is 0 Å². The van der Waals surface area contributed by atoms with Crippen LogP contribution < -0.4 is 5.32 Å². The third-order valence-corrected chi connectivity index (χ3v) is 2.74. The summed E-state index contributed by atoms with van der Waals surface area (Å²) in [5.74, 6) is -0.891. The van der Waals surface area contributed by atoms with Gasteiger partial charge < -0.3 is 15.2 Å². The van der Waals surface area contributed by atoms with E-state index in [4.69, 9.17) is 4.74 Å². The lowest BCUT2D eigenvalue weighted by molar-refractivity contribution is -0.146. The van der Waals surface area contributed by atoms with Crippen LogP contribution in [0, 0.1) is 0 Å². The molecule has 16 heavy (non-hydrogen) atoms. The van der Waals surface area contributed by atoms with Gasteiger partial charge >= 0.3 is 5.97 Å². The molecule has 0 amide bonds. The van der Waals surface area contributed by atoms with E-state index in [2.05, 4.69) is 5.32 Å². The van der Waals surface area contributed by atoms with Crippen molar-refractivity contribution in [3.05, 3.63) is 35.9 Å². The van der Waals surface area contributed by atoms with E-state index in [-0.39, 0.29) is 0 Å². The number of ether oxygens (including phenoxy) is 1. The van der Waals surface area contributed by atoms with Gasteiger partial charge in [0, 0.05) is 20.1 Å². The monoisotopic (exact) mass is 223 g/mol. The van der Waals surface area contributed by atoms with Crippen molar-refractivity contribution in [2.24, 2.45) is 0 Å². The highest BCUT2D eigenvalue weighted by Gasteiger charge is 2.38. The Morgan fingerprint density at radius 3 is 2.50 bits per heavy atom. The van der Waals surface area contributed by atoms with Gasteiger partial charge in [0.1, 0.15) is 5.54 Å². The maximum atomic E-state index is 11.4. The molecule has 0 fully saturated rings. The molecule has 0 aliphatic rings. The average Bonchev–Trinajstić information content (AvgIpc) is 2.31. The predicted molar refractivity (Wildman–Crippen MR) is 61.3 cm³/mol. The van der Waals surface area contributed by atoms with Crippen molar-refractivity contribution in [1.82, 2.24) is 5.32 Å². The van der Waals surface area contributed by atoms with Crippen LogP contribution in [-0.4, -0.2) is 31.8 Å². The highest BCUT2D eigenvalue weighted by Crippen LogP contribution is 2.25. The predicted octanol–water partition coefficient (Wildman–Crippen LogP) is 1.22. The van der Waals surface area contributed by atoms with Crippen molar-refractivity contribution in [2.45, 2.75) is 12.0 Å². The molecule has 1 aromatic carbocycles. The zero-order valence-corrected chi connectivity index (χ0v) is 9.56. The van der Waals surface area contributed by atoms with Gasteiger partial charge in [0.2, 0.25) is 0 Å². The van der Waals surface area contributed by atoms with Crippen LogP contribution in [0.15, 0.2) is 30.3 Å². The Labute approximate surface area is 95.2 Å². The van der Waals surface area contributed by atoms with E-state index in [0.717, 1.165) is 5.56 Å². The van der Waals surface area contributed by atoms with E-state index in [1.54, 1.807) is 26.3 Å². The van der Waals surface area contributed by atoms with Crippen molar-refractivity contribution >= 4 is 5.97 Å². The number of methoxy groups -OCH3 is 1. The lowest BCUT2D eigenvalue weighted by atomic mass is 9.87. The van der Waals surface area contributed by atoms with Gasteiger partial charge in [-0.3, -0.25) is 0 Å². The summed E-state index contributed by atoms with van der Waals surface area (Å²) in [5.41, 5.74) is -0.334. The Hall–Kier alpha value is -1.39. The summed E-state index contributed by atoms with van der Waals surface area (Å²) in [6.07, 6.45) is 0.388. The minimum absolute atomic E-state index is 0.388. The van der Waals surface area contributed by atoms with Crippen molar-refractivity contribution in [3.63, 3.8) is 0 Å². The highest BCUT2D eigenvalue weighted by atomic mass is 16.5. The van der Waals surface area contributed by atoms with Crippen LogP contribution in [-0.2, 0) is 15.1 Å². The first-order valence-electron chi connectivity index (χ1n) is 5.14. The second-order valence-corrected chi connectivity index (χ2v) is 3.57. The van der Waals surface area contributed by atoms with E-state index in [1.807, 2.05) is 18.2 Å². The number of aliphatic carboxylic acids is 1. The van der Waals surface area contributed by atoms with Crippen LogP contribution in [0.4, 0.5) is 0 Å². The standard InChI is InChI=1S/C12H17NO3/c1-13-12(11(14)15,8-9-16-2)10-6-4-3-5-7-10/h3-7,13H,8-9H2,1-2H3,(H,14,15). The molecule has 0 saturated carbocycles. The number of carboxylic acids is 1.